The minimum atomic E-state index is 0. The molecule has 2 heterocycles. The summed E-state index contributed by atoms with van der Waals surface area (Å²) in [5.41, 5.74) is 0. The van der Waals surface area contributed by atoms with Crippen LogP contribution < -0.4 is 10.6 Å². The van der Waals surface area contributed by atoms with Crippen molar-refractivity contribution >= 4 is 29.9 Å². The lowest BCUT2D eigenvalue weighted by Gasteiger charge is -2.32. The number of rotatable bonds is 8. The molecule has 0 amide bonds. The highest BCUT2D eigenvalue weighted by atomic mass is 127. The Morgan fingerprint density at radius 1 is 1.12 bits per heavy atom. The highest BCUT2D eigenvalue weighted by Crippen LogP contribution is 2.16. The third-order valence-electron chi connectivity index (χ3n) is 5.33. The molecule has 0 spiro atoms. The van der Waals surface area contributed by atoms with Gasteiger partial charge in [-0.05, 0) is 58.7 Å². The maximum atomic E-state index is 5.44. The molecule has 7 heteroatoms. The van der Waals surface area contributed by atoms with Crippen molar-refractivity contribution in [1.82, 2.24) is 20.4 Å². The van der Waals surface area contributed by atoms with Gasteiger partial charge in [0.05, 0.1) is 19.8 Å². The van der Waals surface area contributed by atoms with Crippen molar-refractivity contribution in [3.05, 3.63) is 0 Å². The van der Waals surface area contributed by atoms with Crippen molar-refractivity contribution < 1.29 is 4.74 Å². The van der Waals surface area contributed by atoms with Crippen LogP contribution in [0, 0.1) is 5.92 Å². The lowest BCUT2D eigenvalue weighted by atomic mass is 9.97. The summed E-state index contributed by atoms with van der Waals surface area (Å²) in [6, 6.07) is 0.469. The van der Waals surface area contributed by atoms with Gasteiger partial charge in [-0.2, -0.15) is 0 Å². The van der Waals surface area contributed by atoms with Crippen LogP contribution in [0.25, 0.3) is 0 Å². The number of piperidine rings is 1. The Hall–Kier alpha value is -0.120. The van der Waals surface area contributed by atoms with Gasteiger partial charge in [0.25, 0.3) is 0 Å². The topological polar surface area (TPSA) is 52.1 Å². The molecule has 2 fully saturated rings. The molecule has 0 aromatic carbocycles. The van der Waals surface area contributed by atoms with Crippen LogP contribution in [-0.2, 0) is 4.74 Å². The Morgan fingerprint density at radius 3 is 2.42 bits per heavy atom. The van der Waals surface area contributed by atoms with Gasteiger partial charge in [0.2, 0.25) is 0 Å². The van der Waals surface area contributed by atoms with E-state index in [4.69, 9.17) is 9.73 Å². The SMILES string of the molecule is CCCN1CCC(CNC(=NCC(C)N2CCOCC2)NCC)CC1.I. The molecule has 2 aliphatic heterocycles. The molecule has 0 bridgehead atoms. The van der Waals surface area contributed by atoms with Crippen LogP contribution in [0.3, 0.4) is 0 Å². The first-order valence-corrected chi connectivity index (χ1v) is 10.3. The minimum Gasteiger partial charge on any atom is -0.379 e. The fourth-order valence-electron chi connectivity index (χ4n) is 3.67. The van der Waals surface area contributed by atoms with Gasteiger partial charge in [-0.15, -0.1) is 24.0 Å². The first kappa shape index (κ1) is 23.9. The Kier molecular flexibility index (Phi) is 12.8. The van der Waals surface area contributed by atoms with Crippen LogP contribution in [0.1, 0.15) is 40.0 Å². The van der Waals surface area contributed by atoms with E-state index in [1.807, 2.05) is 0 Å². The summed E-state index contributed by atoms with van der Waals surface area (Å²) in [7, 11) is 0. The Balaban J connectivity index is 0.00000338. The van der Waals surface area contributed by atoms with E-state index >= 15 is 0 Å². The summed E-state index contributed by atoms with van der Waals surface area (Å²) in [5.74, 6) is 1.74. The summed E-state index contributed by atoms with van der Waals surface area (Å²) in [6.45, 7) is 17.0. The van der Waals surface area contributed by atoms with E-state index in [1.54, 1.807) is 0 Å². The fraction of sp³-hybridized carbons (Fsp3) is 0.947. The predicted octanol–water partition coefficient (Wildman–Crippen LogP) is 2.00. The number of morpholine rings is 1. The highest BCUT2D eigenvalue weighted by Gasteiger charge is 2.19. The van der Waals surface area contributed by atoms with Gasteiger partial charge in [-0.25, -0.2) is 0 Å². The second kappa shape index (κ2) is 14.0. The average Bonchev–Trinajstić information content (AvgIpc) is 2.66. The Bertz CT molecular complexity index is 382. The number of halogens is 1. The standard InChI is InChI=1S/C19H39N5O.HI/c1-4-8-23-9-6-18(7-10-23)16-22-19(20-5-2)21-15-17(3)24-11-13-25-14-12-24;/h17-18H,4-16H2,1-3H3,(H2,20,21,22);1H. The van der Waals surface area contributed by atoms with Gasteiger partial charge in [0.1, 0.15) is 0 Å². The monoisotopic (exact) mass is 481 g/mol. The zero-order chi connectivity index (χ0) is 17.9. The lowest BCUT2D eigenvalue weighted by Crippen LogP contribution is -2.45. The van der Waals surface area contributed by atoms with Gasteiger partial charge in [0, 0.05) is 32.2 Å². The van der Waals surface area contributed by atoms with E-state index in [9.17, 15) is 0 Å². The van der Waals surface area contributed by atoms with Crippen LogP contribution in [-0.4, -0.2) is 87.4 Å². The maximum absolute atomic E-state index is 5.44. The van der Waals surface area contributed by atoms with Crippen molar-refractivity contribution in [2.45, 2.75) is 46.1 Å². The highest BCUT2D eigenvalue weighted by molar-refractivity contribution is 14.0. The molecule has 0 aromatic heterocycles. The summed E-state index contributed by atoms with van der Waals surface area (Å²) in [5, 5.41) is 6.97. The van der Waals surface area contributed by atoms with E-state index in [-0.39, 0.29) is 24.0 Å². The summed E-state index contributed by atoms with van der Waals surface area (Å²) in [4.78, 5) is 9.89. The first-order chi connectivity index (χ1) is 12.2. The molecule has 2 saturated heterocycles. The molecule has 1 atom stereocenters. The van der Waals surface area contributed by atoms with Crippen LogP contribution in [0.4, 0.5) is 0 Å². The molecule has 26 heavy (non-hydrogen) atoms. The smallest absolute Gasteiger partial charge is 0.191 e. The molecule has 0 saturated carbocycles. The Morgan fingerprint density at radius 2 is 1.81 bits per heavy atom. The molecule has 2 N–H and O–H groups in total. The third-order valence-corrected chi connectivity index (χ3v) is 5.33. The van der Waals surface area contributed by atoms with E-state index in [0.29, 0.717) is 6.04 Å². The van der Waals surface area contributed by atoms with Gasteiger partial charge >= 0.3 is 0 Å². The largest absolute Gasteiger partial charge is 0.379 e. The van der Waals surface area contributed by atoms with Crippen LogP contribution in [0.15, 0.2) is 4.99 Å². The number of ether oxygens (including phenoxy) is 1. The number of guanidine groups is 1. The lowest BCUT2D eigenvalue weighted by molar-refractivity contribution is 0.0220. The number of likely N-dealkylation sites (tertiary alicyclic amines) is 1. The molecule has 2 aliphatic rings. The number of aliphatic imine (C=N–C) groups is 1. The van der Waals surface area contributed by atoms with Crippen LogP contribution >= 0.6 is 24.0 Å². The average molecular weight is 481 g/mol. The minimum absolute atomic E-state index is 0. The first-order valence-electron chi connectivity index (χ1n) is 10.3. The quantitative estimate of drug-likeness (QED) is 0.316. The van der Waals surface area contributed by atoms with Crippen molar-refractivity contribution in [3.8, 4) is 0 Å². The molecule has 0 aromatic rings. The molecule has 154 valence electrons. The van der Waals surface area contributed by atoms with E-state index in [2.05, 4.69) is 41.2 Å². The van der Waals surface area contributed by atoms with E-state index in [0.717, 1.165) is 57.8 Å². The fourth-order valence-corrected chi connectivity index (χ4v) is 3.67. The molecule has 1 unspecified atom stereocenters. The van der Waals surface area contributed by atoms with Crippen molar-refractivity contribution in [1.29, 1.82) is 0 Å². The Labute approximate surface area is 177 Å². The van der Waals surface area contributed by atoms with Crippen LogP contribution in [0.2, 0.25) is 0 Å². The molecule has 2 rings (SSSR count). The molecular formula is C19H40IN5O. The van der Waals surface area contributed by atoms with Gasteiger partial charge in [-0.1, -0.05) is 6.92 Å². The number of hydrogen-bond donors (Lipinski definition) is 2. The van der Waals surface area contributed by atoms with E-state index < -0.39 is 0 Å². The number of hydrogen-bond acceptors (Lipinski definition) is 4. The molecule has 0 radical (unpaired) electrons. The van der Waals surface area contributed by atoms with Gasteiger partial charge < -0.3 is 20.3 Å². The zero-order valence-electron chi connectivity index (χ0n) is 17.0. The number of nitrogens with one attached hydrogen (secondary N) is 2. The van der Waals surface area contributed by atoms with Gasteiger partial charge in [0.15, 0.2) is 5.96 Å². The second-order valence-electron chi connectivity index (χ2n) is 7.38. The third kappa shape index (κ3) is 8.71. The predicted molar refractivity (Wildman–Crippen MR) is 121 cm³/mol. The van der Waals surface area contributed by atoms with Crippen molar-refractivity contribution in [2.24, 2.45) is 10.9 Å². The summed E-state index contributed by atoms with van der Waals surface area (Å²) < 4.78 is 5.44. The molecular weight excluding hydrogens is 441 g/mol. The van der Waals surface area contributed by atoms with Crippen molar-refractivity contribution in [3.63, 3.8) is 0 Å². The normalized spacial score (nSPS) is 21.9. The maximum Gasteiger partial charge on any atom is 0.191 e. The summed E-state index contributed by atoms with van der Waals surface area (Å²) in [6.07, 6.45) is 3.87. The van der Waals surface area contributed by atoms with Crippen LogP contribution in [0.5, 0.6) is 0 Å². The van der Waals surface area contributed by atoms with Crippen molar-refractivity contribution in [2.75, 3.05) is 65.6 Å². The zero-order valence-corrected chi connectivity index (χ0v) is 19.3. The van der Waals surface area contributed by atoms with Gasteiger partial charge in [-0.3, -0.25) is 9.89 Å². The molecule has 0 aliphatic carbocycles. The van der Waals surface area contributed by atoms with E-state index in [1.165, 1.54) is 38.9 Å². The second-order valence-corrected chi connectivity index (χ2v) is 7.38. The molecule has 6 nitrogen and oxygen atoms in total. The number of nitrogens with zero attached hydrogens (tertiary/aromatic N) is 3. The summed E-state index contributed by atoms with van der Waals surface area (Å²) >= 11 is 0.